The normalized spacial score (nSPS) is 26.5. The summed E-state index contributed by atoms with van der Waals surface area (Å²) < 4.78 is 14.4. The van der Waals surface area contributed by atoms with Crippen LogP contribution in [0.15, 0.2) is 24.4 Å². The van der Waals surface area contributed by atoms with Crippen LogP contribution in [0.3, 0.4) is 0 Å². The molecule has 2 fully saturated rings. The van der Waals surface area contributed by atoms with Crippen molar-refractivity contribution in [1.82, 2.24) is 14.7 Å². The van der Waals surface area contributed by atoms with E-state index < -0.39 is 0 Å². The molecule has 2 aromatic rings. The number of fused-ring (bicyclic) bond motifs is 1. The molecule has 128 valence electrons. The van der Waals surface area contributed by atoms with Gasteiger partial charge in [0.2, 0.25) is 0 Å². The van der Waals surface area contributed by atoms with E-state index in [0.717, 1.165) is 30.5 Å². The average molecular weight is 327 g/mol. The monoisotopic (exact) mass is 327 g/mol. The van der Waals surface area contributed by atoms with Crippen molar-refractivity contribution in [3.05, 3.63) is 24.4 Å². The molecule has 6 heteroatoms. The van der Waals surface area contributed by atoms with E-state index in [4.69, 9.17) is 14.4 Å². The third-order valence-electron chi connectivity index (χ3n) is 5.82. The molecule has 3 heterocycles. The smallest absolute Gasteiger partial charge is 0.399 e. The fraction of sp³-hybridized carbons (Fsp3) is 0.611. The minimum absolute atomic E-state index is 0.319. The number of hydrogen-bond donors (Lipinski definition) is 0. The number of aromatic nitrogens is 2. The number of rotatable bonds is 2. The molecule has 1 aromatic heterocycles. The molecule has 0 radical (unpaired) electrons. The summed E-state index contributed by atoms with van der Waals surface area (Å²) in [6, 6.07) is 6.80. The van der Waals surface area contributed by atoms with Gasteiger partial charge in [0.15, 0.2) is 0 Å². The molecule has 2 saturated heterocycles. The van der Waals surface area contributed by atoms with Gasteiger partial charge in [0.05, 0.1) is 22.8 Å². The molecule has 24 heavy (non-hydrogen) atoms. The summed E-state index contributed by atoms with van der Waals surface area (Å²) in [4.78, 5) is 2.35. The van der Waals surface area contributed by atoms with E-state index in [2.05, 4.69) is 68.7 Å². The molecular weight excluding hydrogens is 301 g/mol. The lowest BCUT2D eigenvalue weighted by Crippen LogP contribution is -2.41. The van der Waals surface area contributed by atoms with Gasteiger partial charge in [-0.25, -0.2) is 0 Å². The second-order valence-electron chi connectivity index (χ2n) is 8.22. The van der Waals surface area contributed by atoms with Crippen LogP contribution in [0, 0.1) is 0 Å². The molecule has 0 amide bonds. The first-order valence-electron chi connectivity index (χ1n) is 8.78. The van der Waals surface area contributed by atoms with Gasteiger partial charge in [0, 0.05) is 18.1 Å². The van der Waals surface area contributed by atoms with Crippen LogP contribution in [-0.2, 0) is 9.31 Å². The summed E-state index contributed by atoms with van der Waals surface area (Å²) in [7, 11) is 1.83. The van der Waals surface area contributed by atoms with Crippen molar-refractivity contribution in [1.29, 1.82) is 0 Å². The Morgan fingerprint density at radius 1 is 1.17 bits per heavy atom. The Morgan fingerprint density at radius 2 is 1.88 bits per heavy atom. The predicted octanol–water partition coefficient (Wildman–Crippen LogP) is 2.21. The van der Waals surface area contributed by atoms with Crippen LogP contribution in [0.5, 0.6) is 0 Å². The molecule has 0 aliphatic carbocycles. The molecule has 0 N–H and O–H groups in total. The predicted molar refractivity (Wildman–Crippen MR) is 96.6 cm³/mol. The lowest BCUT2D eigenvalue weighted by molar-refractivity contribution is 0.00578. The van der Waals surface area contributed by atoms with E-state index in [1.54, 1.807) is 0 Å². The first kappa shape index (κ1) is 16.1. The van der Waals surface area contributed by atoms with Gasteiger partial charge in [-0.15, -0.1) is 0 Å². The standard InChI is InChI=1S/C18H26BN3O2/c1-17(2)18(3,4)24-19(23-17)14-7-6-13-11-22(20-16(13)10-14)15-8-9-21(5)12-15/h6-7,10-11,15H,8-9,12H2,1-5H3/t15-/m1/s1. The highest BCUT2D eigenvalue weighted by Gasteiger charge is 2.51. The van der Waals surface area contributed by atoms with Gasteiger partial charge >= 0.3 is 7.12 Å². The van der Waals surface area contributed by atoms with Gasteiger partial charge in [-0.05, 0) is 59.2 Å². The third kappa shape index (κ3) is 2.57. The zero-order chi connectivity index (χ0) is 17.1. The summed E-state index contributed by atoms with van der Waals surface area (Å²) in [5.41, 5.74) is 1.41. The molecule has 0 spiro atoms. The third-order valence-corrected chi connectivity index (χ3v) is 5.82. The lowest BCUT2D eigenvalue weighted by Gasteiger charge is -2.32. The second kappa shape index (κ2) is 5.31. The van der Waals surface area contributed by atoms with Crippen molar-refractivity contribution >= 4 is 23.5 Å². The summed E-state index contributed by atoms with van der Waals surface area (Å²) in [6.07, 6.45) is 3.32. The van der Waals surface area contributed by atoms with Crippen molar-refractivity contribution in [2.24, 2.45) is 0 Å². The van der Waals surface area contributed by atoms with E-state index >= 15 is 0 Å². The molecule has 0 bridgehead atoms. The Hall–Kier alpha value is -1.37. The SMILES string of the molecule is CN1CC[C@@H](n2cc3ccc(B4OC(C)(C)C(C)(C)O4)cc3n2)C1. The molecule has 2 aliphatic rings. The zero-order valence-electron chi connectivity index (χ0n) is 15.2. The van der Waals surface area contributed by atoms with Crippen molar-refractivity contribution in [3.63, 3.8) is 0 Å². The Balaban J connectivity index is 1.62. The van der Waals surface area contributed by atoms with Crippen LogP contribution in [0.1, 0.15) is 40.2 Å². The molecule has 2 aliphatic heterocycles. The van der Waals surface area contributed by atoms with Crippen molar-refractivity contribution < 1.29 is 9.31 Å². The van der Waals surface area contributed by atoms with E-state index in [-0.39, 0.29) is 18.3 Å². The van der Waals surface area contributed by atoms with Crippen LogP contribution in [0.2, 0.25) is 0 Å². The van der Waals surface area contributed by atoms with Gasteiger partial charge in [0.1, 0.15) is 0 Å². The Morgan fingerprint density at radius 3 is 2.50 bits per heavy atom. The van der Waals surface area contributed by atoms with E-state index in [9.17, 15) is 0 Å². The summed E-state index contributed by atoms with van der Waals surface area (Å²) in [5.74, 6) is 0. The molecular formula is C18H26BN3O2. The topological polar surface area (TPSA) is 39.5 Å². The highest BCUT2D eigenvalue weighted by Crippen LogP contribution is 2.36. The molecule has 0 saturated carbocycles. The van der Waals surface area contributed by atoms with Crippen LogP contribution < -0.4 is 5.46 Å². The maximum atomic E-state index is 6.16. The maximum Gasteiger partial charge on any atom is 0.494 e. The van der Waals surface area contributed by atoms with Gasteiger partial charge < -0.3 is 14.2 Å². The summed E-state index contributed by atoms with van der Waals surface area (Å²) in [5, 5.41) is 5.98. The minimum Gasteiger partial charge on any atom is -0.399 e. The molecule has 5 nitrogen and oxygen atoms in total. The van der Waals surface area contributed by atoms with E-state index in [0.29, 0.717) is 6.04 Å². The highest BCUT2D eigenvalue weighted by atomic mass is 16.7. The first-order valence-corrected chi connectivity index (χ1v) is 8.78. The quantitative estimate of drug-likeness (QED) is 0.793. The minimum atomic E-state index is -0.331. The van der Waals surface area contributed by atoms with Crippen LogP contribution in [-0.4, -0.2) is 53.1 Å². The van der Waals surface area contributed by atoms with Gasteiger partial charge in [-0.1, -0.05) is 12.1 Å². The number of nitrogens with zero attached hydrogens (tertiary/aromatic N) is 3. The first-order chi connectivity index (χ1) is 11.2. The average Bonchev–Trinajstić information content (AvgIpc) is 3.15. The van der Waals surface area contributed by atoms with Crippen molar-refractivity contribution in [2.75, 3.05) is 20.1 Å². The van der Waals surface area contributed by atoms with Crippen LogP contribution in [0.4, 0.5) is 0 Å². The number of likely N-dealkylation sites (N-methyl/N-ethyl adjacent to an activating group) is 1. The molecule has 1 atom stereocenters. The number of benzene rings is 1. The van der Waals surface area contributed by atoms with Gasteiger partial charge in [-0.3, -0.25) is 4.68 Å². The van der Waals surface area contributed by atoms with Crippen LogP contribution >= 0.6 is 0 Å². The number of hydrogen-bond acceptors (Lipinski definition) is 4. The lowest BCUT2D eigenvalue weighted by atomic mass is 9.79. The Kier molecular flexibility index (Phi) is 3.57. The Labute approximate surface area is 144 Å². The molecule has 4 rings (SSSR count). The van der Waals surface area contributed by atoms with Crippen molar-refractivity contribution in [2.45, 2.75) is 51.4 Å². The van der Waals surface area contributed by atoms with Gasteiger partial charge in [0.25, 0.3) is 0 Å². The van der Waals surface area contributed by atoms with E-state index in [1.807, 2.05) is 0 Å². The largest absolute Gasteiger partial charge is 0.494 e. The molecule has 0 unspecified atom stereocenters. The van der Waals surface area contributed by atoms with Crippen molar-refractivity contribution in [3.8, 4) is 0 Å². The van der Waals surface area contributed by atoms with Crippen LogP contribution in [0.25, 0.3) is 10.9 Å². The number of likely N-dealkylation sites (tertiary alicyclic amines) is 1. The summed E-state index contributed by atoms with van der Waals surface area (Å²) >= 11 is 0. The Bertz CT molecular complexity index is 755. The fourth-order valence-electron chi connectivity index (χ4n) is 3.49. The van der Waals surface area contributed by atoms with Gasteiger partial charge in [-0.2, -0.15) is 5.10 Å². The maximum absolute atomic E-state index is 6.16. The molecule has 1 aromatic carbocycles. The second-order valence-corrected chi connectivity index (χ2v) is 8.22. The zero-order valence-corrected chi connectivity index (χ0v) is 15.2. The fourth-order valence-corrected chi connectivity index (χ4v) is 3.49. The van der Waals surface area contributed by atoms with E-state index in [1.165, 1.54) is 5.39 Å². The summed E-state index contributed by atoms with van der Waals surface area (Å²) in [6.45, 7) is 10.5. The highest BCUT2D eigenvalue weighted by molar-refractivity contribution is 6.62.